The molecule has 0 saturated carbocycles. The van der Waals surface area contributed by atoms with Gasteiger partial charge in [-0.05, 0) is 69.5 Å². The normalized spacial score (nSPS) is 15.3. The van der Waals surface area contributed by atoms with E-state index in [1.807, 2.05) is 6.92 Å². The van der Waals surface area contributed by atoms with E-state index in [9.17, 15) is 10.1 Å². The van der Waals surface area contributed by atoms with Gasteiger partial charge in [-0.2, -0.15) is 5.10 Å². The Bertz CT molecular complexity index is 979. The SMILES string of the molecule is CCN1c2cc(C)c(/C=N/Nc3ncccc3[N+](=O)[O-])cc2C(C)=CC1(C)C. The summed E-state index contributed by atoms with van der Waals surface area (Å²) in [6, 6.07) is 7.22. The quantitative estimate of drug-likeness (QED) is 0.460. The highest BCUT2D eigenvalue weighted by atomic mass is 16.6. The van der Waals surface area contributed by atoms with Gasteiger partial charge in [0.25, 0.3) is 0 Å². The minimum Gasteiger partial charge on any atom is -0.363 e. The molecular formula is C21H25N5O2. The third-order valence-electron chi connectivity index (χ3n) is 5.04. The third-order valence-corrected chi connectivity index (χ3v) is 5.04. The molecule has 28 heavy (non-hydrogen) atoms. The lowest BCUT2D eigenvalue weighted by Gasteiger charge is -2.43. The van der Waals surface area contributed by atoms with Crippen molar-refractivity contribution in [3.8, 4) is 0 Å². The van der Waals surface area contributed by atoms with Crippen LogP contribution >= 0.6 is 0 Å². The average Bonchev–Trinajstić information content (AvgIpc) is 2.62. The van der Waals surface area contributed by atoms with Crippen LogP contribution in [-0.2, 0) is 0 Å². The number of hydrogen-bond acceptors (Lipinski definition) is 6. The van der Waals surface area contributed by atoms with E-state index in [0.717, 1.165) is 17.7 Å². The maximum Gasteiger partial charge on any atom is 0.313 e. The fourth-order valence-electron chi connectivity index (χ4n) is 3.75. The number of hydrogen-bond donors (Lipinski definition) is 1. The van der Waals surface area contributed by atoms with E-state index in [2.05, 4.69) is 66.3 Å². The van der Waals surface area contributed by atoms with E-state index >= 15 is 0 Å². The van der Waals surface area contributed by atoms with Gasteiger partial charge in [-0.25, -0.2) is 4.98 Å². The van der Waals surface area contributed by atoms with Crippen LogP contribution in [0.2, 0.25) is 0 Å². The molecule has 1 aliphatic heterocycles. The van der Waals surface area contributed by atoms with Gasteiger partial charge in [0.15, 0.2) is 0 Å². The van der Waals surface area contributed by atoms with Crippen molar-refractivity contribution in [2.45, 2.75) is 40.2 Å². The highest BCUT2D eigenvalue weighted by Crippen LogP contribution is 2.39. The molecular weight excluding hydrogens is 354 g/mol. The molecule has 1 aromatic carbocycles. The molecule has 0 unspecified atom stereocenters. The highest BCUT2D eigenvalue weighted by Gasteiger charge is 2.30. The summed E-state index contributed by atoms with van der Waals surface area (Å²) in [6.07, 6.45) is 5.45. The van der Waals surface area contributed by atoms with Gasteiger partial charge < -0.3 is 4.90 Å². The topological polar surface area (TPSA) is 83.7 Å². The van der Waals surface area contributed by atoms with Crippen molar-refractivity contribution >= 4 is 29.0 Å². The number of allylic oxidation sites excluding steroid dienone is 1. The van der Waals surface area contributed by atoms with Crippen molar-refractivity contribution in [3.63, 3.8) is 0 Å². The summed E-state index contributed by atoms with van der Waals surface area (Å²) >= 11 is 0. The standard InChI is InChI=1S/C21H25N5O2/c1-6-25-19-10-14(2)16(11-17(19)15(3)12-21(25,4)5)13-23-24-20-18(26(27)28)8-7-9-22-20/h7-13H,6H2,1-5H3,(H,22,24)/b23-13+. The first kappa shape index (κ1) is 19.5. The summed E-state index contributed by atoms with van der Waals surface area (Å²) in [5, 5.41) is 15.3. The lowest BCUT2D eigenvalue weighted by molar-refractivity contribution is -0.384. The molecule has 0 saturated heterocycles. The van der Waals surface area contributed by atoms with Gasteiger partial charge in [0, 0.05) is 30.1 Å². The number of likely N-dealkylation sites (N-methyl/N-ethyl adjacent to an activating group) is 1. The number of nitrogens with zero attached hydrogens (tertiary/aromatic N) is 4. The van der Waals surface area contributed by atoms with E-state index in [1.54, 1.807) is 6.21 Å². The van der Waals surface area contributed by atoms with Crippen molar-refractivity contribution < 1.29 is 4.92 Å². The molecule has 7 nitrogen and oxygen atoms in total. The van der Waals surface area contributed by atoms with Crippen LogP contribution in [-0.4, -0.2) is 28.2 Å². The number of nitro groups is 1. The Balaban J connectivity index is 1.92. The minimum absolute atomic E-state index is 0.0344. The number of aromatic nitrogens is 1. The van der Waals surface area contributed by atoms with Gasteiger partial charge in [-0.3, -0.25) is 15.5 Å². The lowest BCUT2D eigenvalue weighted by atomic mass is 9.87. The average molecular weight is 379 g/mol. The molecule has 2 heterocycles. The predicted octanol–water partition coefficient (Wildman–Crippen LogP) is 4.77. The van der Waals surface area contributed by atoms with Crippen molar-refractivity contribution in [3.05, 3.63) is 63.3 Å². The van der Waals surface area contributed by atoms with Crippen LogP contribution in [0, 0.1) is 17.0 Å². The van der Waals surface area contributed by atoms with Crippen LogP contribution in [0.5, 0.6) is 0 Å². The van der Waals surface area contributed by atoms with E-state index in [-0.39, 0.29) is 17.0 Å². The maximum atomic E-state index is 11.1. The van der Waals surface area contributed by atoms with Crippen LogP contribution in [0.15, 0.2) is 41.6 Å². The van der Waals surface area contributed by atoms with Crippen molar-refractivity contribution in [1.82, 2.24) is 4.98 Å². The summed E-state index contributed by atoms with van der Waals surface area (Å²) in [7, 11) is 0. The molecule has 0 aliphatic carbocycles. The van der Waals surface area contributed by atoms with Crippen molar-refractivity contribution in [1.29, 1.82) is 0 Å². The number of hydrazone groups is 1. The fraction of sp³-hybridized carbons (Fsp3) is 0.333. The van der Waals surface area contributed by atoms with Crippen LogP contribution < -0.4 is 10.3 Å². The van der Waals surface area contributed by atoms with Crippen molar-refractivity contribution in [2.24, 2.45) is 5.10 Å². The summed E-state index contributed by atoms with van der Waals surface area (Å²) in [5.74, 6) is 0.120. The molecule has 1 N–H and O–H groups in total. The van der Waals surface area contributed by atoms with Crippen LogP contribution in [0.1, 0.15) is 44.4 Å². The molecule has 0 amide bonds. The second-order valence-electron chi connectivity index (χ2n) is 7.45. The van der Waals surface area contributed by atoms with Gasteiger partial charge in [0.05, 0.1) is 16.7 Å². The van der Waals surface area contributed by atoms with Gasteiger partial charge in [-0.1, -0.05) is 6.08 Å². The third kappa shape index (κ3) is 3.60. The maximum absolute atomic E-state index is 11.1. The zero-order valence-corrected chi connectivity index (χ0v) is 16.9. The van der Waals surface area contributed by atoms with Crippen molar-refractivity contribution in [2.75, 3.05) is 16.9 Å². The second kappa shape index (κ2) is 7.42. The number of benzene rings is 1. The van der Waals surface area contributed by atoms with Gasteiger partial charge in [0.2, 0.25) is 5.82 Å². The Morgan fingerprint density at radius 2 is 2.11 bits per heavy atom. The Kier molecular flexibility index (Phi) is 5.18. The molecule has 2 aromatic rings. The number of fused-ring (bicyclic) bond motifs is 1. The second-order valence-corrected chi connectivity index (χ2v) is 7.45. The summed E-state index contributed by atoms with van der Waals surface area (Å²) in [5.41, 5.74) is 8.21. The fourth-order valence-corrected chi connectivity index (χ4v) is 3.75. The molecule has 3 rings (SSSR count). The minimum atomic E-state index is -0.482. The van der Waals surface area contributed by atoms with Gasteiger partial charge in [0.1, 0.15) is 0 Å². The zero-order valence-electron chi connectivity index (χ0n) is 16.9. The zero-order chi connectivity index (χ0) is 20.5. The van der Waals surface area contributed by atoms with Crippen LogP contribution in [0.25, 0.3) is 5.57 Å². The largest absolute Gasteiger partial charge is 0.363 e. The van der Waals surface area contributed by atoms with Crippen LogP contribution in [0.4, 0.5) is 17.2 Å². The first-order valence-corrected chi connectivity index (χ1v) is 9.25. The van der Waals surface area contributed by atoms with E-state index in [0.29, 0.717) is 0 Å². The molecule has 0 atom stereocenters. The Hall–Kier alpha value is -3.22. The van der Waals surface area contributed by atoms with E-state index in [4.69, 9.17) is 0 Å². The van der Waals surface area contributed by atoms with Crippen LogP contribution in [0.3, 0.4) is 0 Å². The first-order chi connectivity index (χ1) is 13.2. The number of anilines is 2. The monoisotopic (exact) mass is 379 g/mol. The molecule has 146 valence electrons. The van der Waals surface area contributed by atoms with E-state index in [1.165, 1.54) is 35.2 Å². The highest BCUT2D eigenvalue weighted by molar-refractivity contribution is 5.89. The van der Waals surface area contributed by atoms with Gasteiger partial charge in [-0.15, -0.1) is 0 Å². The lowest BCUT2D eigenvalue weighted by Crippen LogP contribution is -2.45. The first-order valence-electron chi connectivity index (χ1n) is 9.25. The number of pyridine rings is 1. The molecule has 0 bridgehead atoms. The van der Waals surface area contributed by atoms with Gasteiger partial charge >= 0.3 is 5.69 Å². The predicted molar refractivity (Wildman–Crippen MR) is 114 cm³/mol. The smallest absolute Gasteiger partial charge is 0.313 e. The Morgan fingerprint density at radius 3 is 2.79 bits per heavy atom. The van der Waals surface area contributed by atoms with E-state index < -0.39 is 4.92 Å². The number of nitrogens with one attached hydrogen (secondary N) is 1. The molecule has 1 aliphatic rings. The molecule has 0 radical (unpaired) electrons. The molecule has 7 heteroatoms. The molecule has 1 aromatic heterocycles. The summed E-state index contributed by atoms with van der Waals surface area (Å²) in [6.45, 7) is 11.7. The molecule has 0 spiro atoms. The molecule has 0 fully saturated rings. The summed E-state index contributed by atoms with van der Waals surface area (Å²) in [4.78, 5) is 17.0. The number of aryl methyl sites for hydroxylation is 1. The summed E-state index contributed by atoms with van der Waals surface area (Å²) < 4.78 is 0. The Labute approximate surface area is 164 Å². The number of rotatable bonds is 5. The Morgan fingerprint density at radius 1 is 1.36 bits per heavy atom.